The summed E-state index contributed by atoms with van der Waals surface area (Å²) in [6.07, 6.45) is 1.58. The number of anilines is 1. The van der Waals surface area contributed by atoms with Gasteiger partial charge in [-0.2, -0.15) is 0 Å². The number of nitrogens with one attached hydrogen (secondary N) is 1. The van der Waals surface area contributed by atoms with Crippen molar-refractivity contribution < 1.29 is 14.0 Å². The summed E-state index contributed by atoms with van der Waals surface area (Å²) < 4.78 is 7.29. The van der Waals surface area contributed by atoms with E-state index in [4.69, 9.17) is 4.42 Å². The van der Waals surface area contributed by atoms with Crippen LogP contribution in [0.1, 0.15) is 18.1 Å². The van der Waals surface area contributed by atoms with Gasteiger partial charge in [0.15, 0.2) is 16.7 Å². The fraction of sp³-hybridized carbons (Fsp3) is 0.333. The van der Waals surface area contributed by atoms with Gasteiger partial charge in [-0.15, -0.1) is 10.2 Å². The zero-order valence-electron chi connectivity index (χ0n) is 17.5. The molecule has 0 bridgehead atoms. The van der Waals surface area contributed by atoms with Gasteiger partial charge in [0, 0.05) is 19.3 Å². The van der Waals surface area contributed by atoms with E-state index in [0.29, 0.717) is 23.3 Å². The molecule has 3 rings (SSSR count). The molecule has 9 heteroatoms. The highest BCUT2D eigenvalue weighted by Crippen LogP contribution is 2.24. The Morgan fingerprint density at radius 2 is 2.00 bits per heavy atom. The molecule has 0 aliphatic rings. The first-order valence-electron chi connectivity index (χ1n) is 9.60. The second-order valence-electron chi connectivity index (χ2n) is 6.86. The van der Waals surface area contributed by atoms with Gasteiger partial charge in [-0.05, 0) is 50.1 Å². The van der Waals surface area contributed by atoms with Crippen LogP contribution in [0.3, 0.4) is 0 Å². The van der Waals surface area contributed by atoms with Crippen molar-refractivity contribution in [2.24, 2.45) is 0 Å². The zero-order valence-corrected chi connectivity index (χ0v) is 18.3. The Balaban J connectivity index is 1.56. The molecule has 0 atom stereocenters. The van der Waals surface area contributed by atoms with E-state index in [1.807, 2.05) is 49.6 Å². The number of benzene rings is 1. The summed E-state index contributed by atoms with van der Waals surface area (Å²) in [6.45, 7) is 6.55. The molecule has 8 nitrogen and oxygen atoms in total. The third kappa shape index (κ3) is 4.91. The smallest absolute Gasteiger partial charge is 0.243 e. The van der Waals surface area contributed by atoms with Gasteiger partial charge in [-0.3, -0.25) is 14.2 Å². The number of rotatable bonds is 8. The third-order valence-corrected chi connectivity index (χ3v) is 5.74. The van der Waals surface area contributed by atoms with Crippen molar-refractivity contribution in [3.8, 4) is 11.6 Å². The van der Waals surface area contributed by atoms with Crippen molar-refractivity contribution in [1.29, 1.82) is 0 Å². The predicted molar refractivity (Wildman–Crippen MR) is 116 cm³/mol. The average Bonchev–Trinajstić information content (AvgIpc) is 3.38. The normalized spacial score (nSPS) is 10.8. The molecule has 0 saturated heterocycles. The molecule has 2 heterocycles. The maximum atomic E-state index is 12.5. The Labute approximate surface area is 179 Å². The largest absolute Gasteiger partial charge is 0.461 e. The predicted octanol–water partition coefficient (Wildman–Crippen LogP) is 3.36. The summed E-state index contributed by atoms with van der Waals surface area (Å²) in [5.74, 6) is 1.01. The second kappa shape index (κ2) is 9.62. The first-order valence-corrected chi connectivity index (χ1v) is 10.6. The van der Waals surface area contributed by atoms with E-state index >= 15 is 0 Å². The Morgan fingerprint density at radius 1 is 1.20 bits per heavy atom. The molecule has 158 valence electrons. The van der Waals surface area contributed by atoms with Gasteiger partial charge in [-0.25, -0.2) is 0 Å². The van der Waals surface area contributed by atoms with Gasteiger partial charge in [0.2, 0.25) is 11.8 Å². The van der Waals surface area contributed by atoms with Gasteiger partial charge in [0.1, 0.15) is 0 Å². The minimum Gasteiger partial charge on any atom is -0.461 e. The lowest BCUT2D eigenvalue weighted by Crippen LogP contribution is -2.36. The number of hydrogen-bond acceptors (Lipinski definition) is 6. The summed E-state index contributed by atoms with van der Waals surface area (Å²) in [4.78, 5) is 26.3. The van der Waals surface area contributed by atoms with Gasteiger partial charge in [-0.1, -0.05) is 23.9 Å². The van der Waals surface area contributed by atoms with Crippen LogP contribution in [-0.2, 0) is 16.1 Å². The van der Waals surface area contributed by atoms with Crippen LogP contribution >= 0.6 is 11.8 Å². The van der Waals surface area contributed by atoms with Gasteiger partial charge in [0.25, 0.3) is 0 Å². The van der Waals surface area contributed by atoms with Crippen molar-refractivity contribution in [3.05, 3.63) is 47.7 Å². The van der Waals surface area contributed by atoms with Crippen LogP contribution in [0.2, 0.25) is 0 Å². The van der Waals surface area contributed by atoms with E-state index in [1.54, 1.807) is 19.4 Å². The monoisotopic (exact) mass is 427 g/mol. The molecule has 0 aliphatic heterocycles. The second-order valence-corrected chi connectivity index (χ2v) is 7.80. The van der Waals surface area contributed by atoms with Crippen molar-refractivity contribution in [3.63, 3.8) is 0 Å². The third-order valence-electron chi connectivity index (χ3n) is 4.78. The highest BCUT2D eigenvalue weighted by Gasteiger charge is 2.18. The number of nitrogens with zero attached hydrogens (tertiary/aromatic N) is 4. The lowest BCUT2D eigenvalue weighted by atomic mass is 10.1. The Kier molecular flexibility index (Phi) is 6.94. The van der Waals surface area contributed by atoms with Crippen molar-refractivity contribution in [2.45, 2.75) is 32.5 Å². The quantitative estimate of drug-likeness (QED) is 0.554. The fourth-order valence-corrected chi connectivity index (χ4v) is 3.83. The Bertz CT molecular complexity index is 1030. The van der Waals surface area contributed by atoms with Gasteiger partial charge < -0.3 is 14.6 Å². The SMILES string of the molecule is CCn1c(SCC(=O)N(C)CC(=O)Nc2cccc(C)c2C)nnc1-c1ccco1. The number of aromatic nitrogens is 3. The number of hydrogen-bond donors (Lipinski definition) is 1. The fourth-order valence-electron chi connectivity index (χ4n) is 2.88. The lowest BCUT2D eigenvalue weighted by Gasteiger charge is -2.17. The van der Waals surface area contributed by atoms with E-state index in [0.717, 1.165) is 16.8 Å². The van der Waals surface area contributed by atoms with Crippen molar-refractivity contribution in [1.82, 2.24) is 19.7 Å². The van der Waals surface area contributed by atoms with E-state index in [1.165, 1.54) is 16.7 Å². The molecular weight excluding hydrogens is 402 g/mol. The molecule has 0 radical (unpaired) electrons. The first-order chi connectivity index (χ1) is 14.4. The summed E-state index contributed by atoms with van der Waals surface area (Å²) in [6, 6.07) is 9.34. The molecule has 3 aromatic rings. The van der Waals surface area contributed by atoms with E-state index in [9.17, 15) is 9.59 Å². The van der Waals surface area contributed by atoms with Crippen molar-refractivity contribution >= 4 is 29.3 Å². The highest BCUT2D eigenvalue weighted by atomic mass is 32.2. The molecule has 0 unspecified atom stereocenters. The molecule has 1 aromatic carbocycles. The summed E-state index contributed by atoms with van der Waals surface area (Å²) in [5, 5.41) is 11.8. The molecule has 1 N–H and O–H groups in total. The molecule has 0 spiro atoms. The molecular formula is C21H25N5O3S. The average molecular weight is 428 g/mol. The lowest BCUT2D eigenvalue weighted by molar-refractivity contribution is -0.131. The minimum absolute atomic E-state index is 0.0229. The van der Waals surface area contributed by atoms with E-state index in [2.05, 4.69) is 15.5 Å². The maximum absolute atomic E-state index is 12.5. The molecule has 0 fully saturated rings. The molecule has 2 amide bonds. The van der Waals surface area contributed by atoms with Crippen LogP contribution in [0.15, 0.2) is 46.2 Å². The molecule has 0 saturated carbocycles. The van der Waals surface area contributed by atoms with Gasteiger partial charge in [0.05, 0.1) is 18.6 Å². The molecule has 0 aliphatic carbocycles. The number of furan rings is 1. The topological polar surface area (TPSA) is 93.3 Å². The van der Waals surface area contributed by atoms with Crippen LogP contribution in [0.4, 0.5) is 5.69 Å². The van der Waals surface area contributed by atoms with Crippen LogP contribution in [0.5, 0.6) is 0 Å². The van der Waals surface area contributed by atoms with Gasteiger partial charge >= 0.3 is 0 Å². The summed E-state index contributed by atoms with van der Waals surface area (Å²) in [7, 11) is 1.62. The minimum atomic E-state index is -0.235. The summed E-state index contributed by atoms with van der Waals surface area (Å²) >= 11 is 1.29. The highest BCUT2D eigenvalue weighted by molar-refractivity contribution is 7.99. The van der Waals surface area contributed by atoms with Crippen LogP contribution in [0, 0.1) is 13.8 Å². The number of carbonyl (C=O) groups is 2. The molecule has 30 heavy (non-hydrogen) atoms. The number of likely N-dealkylation sites (N-methyl/N-ethyl adjacent to an activating group) is 1. The first kappa shape index (κ1) is 21.6. The van der Waals surface area contributed by atoms with Crippen molar-refractivity contribution in [2.75, 3.05) is 24.7 Å². The maximum Gasteiger partial charge on any atom is 0.243 e. The number of aryl methyl sites for hydroxylation is 1. The molecule has 2 aromatic heterocycles. The van der Waals surface area contributed by atoms with Crippen LogP contribution < -0.4 is 5.32 Å². The van der Waals surface area contributed by atoms with E-state index < -0.39 is 0 Å². The van der Waals surface area contributed by atoms with Crippen LogP contribution in [0.25, 0.3) is 11.6 Å². The number of amides is 2. The Morgan fingerprint density at radius 3 is 2.70 bits per heavy atom. The van der Waals surface area contributed by atoms with E-state index in [-0.39, 0.29) is 24.1 Å². The number of carbonyl (C=O) groups excluding carboxylic acids is 2. The standard InChI is InChI=1S/C21H25N5O3S/c1-5-26-20(17-10-7-11-29-17)23-24-21(26)30-13-19(28)25(4)12-18(27)22-16-9-6-8-14(2)15(16)3/h6-11H,5,12-13H2,1-4H3,(H,22,27). The van der Waals surface area contributed by atoms with Crippen LogP contribution in [-0.4, -0.2) is 50.8 Å². The number of thioether (sulfide) groups is 1. The summed E-state index contributed by atoms with van der Waals surface area (Å²) in [5.41, 5.74) is 2.88. The Hall–Kier alpha value is -3.07. The zero-order chi connectivity index (χ0) is 21.7.